The van der Waals surface area contributed by atoms with Gasteiger partial charge in [0, 0.05) is 43.1 Å². The minimum absolute atomic E-state index is 0.0518. The molecule has 0 aliphatic carbocycles. The van der Waals surface area contributed by atoms with Crippen molar-refractivity contribution in [2.75, 3.05) is 31.1 Å². The Balaban J connectivity index is 1.73. The lowest BCUT2D eigenvalue weighted by molar-refractivity contribution is -0.135. The monoisotopic (exact) mass is 299 g/mol. The number of hydrogen-bond donors (Lipinski definition) is 2. The molecule has 0 aromatic heterocycles. The van der Waals surface area contributed by atoms with Crippen molar-refractivity contribution in [3.8, 4) is 0 Å². The molecule has 2 rings (SSSR count). The Bertz CT molecular complexity index is 348. The maximum absolute atomic E-state index is 12.1. The fourth-order valence-corrected chi connectivity index (χ4v) is 3.58. The lowest BCUT2D eigenvalue weighted by Crippen LogP contribution is -2.54. The molecule has 0 radical (unpaired) electrons. The number of rotatable bonds is 3. The smallest absolute Gasteiger partial charge is 0.238 e. The molecule has 2 fully saturated rings. The number of carbonyl (C=O) groups excluding carboxylic acids is 2. The van der Waals surface area contributed by atoms with Crippen LogP contribution < -0.4 is 10.6 Å². The minimum atomic E-state index is -0.0518. The van der Waals surface area contributed by atoms with Crippen LogP contribution in [0.3, 0.4) is 0 Å². The highest BCUT2D eigenvalue weighted by atomic mass is 32.2. The van der Waals surface area contributed by atoms with Gasteiger partial charge in [-0.05, 0) is 12.8 Å². The summed E-state index contributed by atoms with van der Waals surface area (Å²) < 4.78 is 0. The van der Waals surface area contributed by atoms with Crippen LogP contribution in [0.5, 0.6) is 0 Å². The summed E-state index contributed by atoms with van der Waals surface area (Å²) in [6.07, 6.45) is 1.73. The van der Waals surface area contributed by atoms with E-state index in [0.29, 0.717) is 0 Å². The molecular weight excluding hydrogens is 274 g/mol. The Morgan fingerprint density at radius 2 is 2.00 bits per heavy atom. The topological polar surface area (TPSA) is 61.4 Å². The van der Waals surface area contributed by atoms with Gasteiger partial charge in [0.15, 0.2) is 0 Å². The van der Waals surface area contributed by atoms with Gasteiger partial charge in [-0.25, -0.2) is 0 Å². The highest BCUT2D eigenvalue weighted by molar-refractivity contribution is 7.99. The lowest BCUT2D eigenvalue weighted by atomic mass is 10.0. The minimum Gasteiger partial charge on any atom is -0.352 e. The molecule has 0 aromatic carbocycles. The van der Waals surface area contributed by atoms with Gasteiger partial charge in [-0.15, -0.1) is 0 Å². The van der Waals surface area contributed by atoms with E-state index >= 15 is 0 Å². The summed E-state index contributed by atoms with van der Waals surface area (Å²) in [5.41, 5.74) is 0. The van der Waals surface area contributed by atoms with Crippen LogP contribution in [0, 0.1) is 5.92 Å². The van der Waals surface area contributed by atoms with Crippen LogP contribution in [0.4, 0.5) is 0 Å². The number of piperidine rings is 1. The second-order valence-corrected chi connectivity index (χ2v) is 6.99. The molecule has 114 valence electrons. The Morgan fingerprint density at radius 1 is 1.30 bits per heavy atom. The highest BCUT2D eigenvalue weighted by Crippen LogP contribution is 2.14. The van der Waals surface area contributed by atoms with Crippen molar-refractivity contribution in [1.29, 1.82) is 0 Å². The van der Waals surface area contributed by atoms with Crippen molar-refractivity contribution in [2.45, 2.75) is 38.8 Å². The van der Waals surface area contributed by atoms with Gasteiger partial charge in [0.05, 0.1) is 6.04 Å². The normalized spacial score (nSPS) is 24.8. The fourth-order valence-electron chi connectivity index (χ4n) is 2.64. The molecule has 1 atom stereocenters. The van der Waals surface area contributed by atoms with Crippen LogP contribution in [-0.2, 0) is 9.59 Å². The van der Waals surface area contributed by atoms with Crippen LogP contribution >= 0.6 is 11.8 Å². The molecule has 2 aliphatic rings. The van der Waals surface area contributed by atoms with Crippen molar-refractivity contribution in [1.82, 2.24) is 15.5 Å². The first-order valence-corrected chi connectivity index (χ1v) is 8.63. The van der Waals surface area contributed by atoms with E-state index in [1.807, 2.05) is 30.5 Å². The van der Waals surface area contributed by atoms with E-state index in [-0.39, 0.29) is 29.8 Å². The van der Waals surface area contributed by atoms with Gasteiger partial charge in [-0.2, -0.15) is 11.8 Å². The first kappa shape index (κ1) is 15.6. The molecule has 1 unspecified atom stereocenters. The molecule has 0 aromatic rings. The number of carbonyl (C=O) groups is 2. The van der Waals surface area contributed by atoms with Crippen molar-refractivity contribution in [3.63, 3.8) is 0 Å². The van der Waals surface area contributed by atoms with Crippen LogP contribution in [0.25, 0.3) is 0 Å². The molecule has 2 heterocycles. The van der Waals surface area contributed by atoms with Crippen LogP contribution in [0.15, 0.2) is 0 Å². The van der Waals surface area contributed by atoms with E-state index in [0.717, 1.165) is 44.0 Å². The number of amides is 2. The van der Waals surface area contributed by atoms with Crippen LogP contribution in [-0.4, -0.2) is 59.9 Å². The van der Waals surface area contributed by atoms with Crippen molar-refractivity contribution in [3.05, 3.63) is 0 Å². The van der Waals surface area contributed by atoms with E-state index < -0.39 is 0 Å². The number of likely N-dealkylation sites (tertiary alicyclic amines) is 1. The average molecular weight is 299 g/mol. The Morgan fingerprint density at radius 3 is 2.55 bits per heavy atom. The number of nitrogens with one attached hydrogen (secondary N) is 2. The van der Waals surface area contributed by atoms with Gasteiger partial charge >= 0.3 is 0 Å². The summed E-state index contributed by atoms with van der Waals surface area (Å²) >= 11 is 1.82. The maximum Gasteiger partial charge on any atom is 0.238 e. The first-order valence-electron chi connectivity index (χ1n) is 7.48. The molecular formula is C14H25N3O2S. The summed E-state index contributed by atoms with van der Waals surface area (Å²) in [7, 11) is 0. The van der Waals surface area contributed by atoms with Gasteiger partial charge in [0.1, 0.15) is 0 Å². The Hall–Kier alpha value is -0.750. The van der Waals surface area contributed by atoms with E-state index in [1.165, 1.54) is 0 Å². The third-order valence-corrected chi connectivity index (χ3v) is 4.95. The van der Waals surface area contributed by atoms with Gasteiger partial charge in [-0.3, -0.25) is 9.59 Å². The van der Waals surface area contributed by atoms with E-state index in [2.05, 4.69) is 10.6 Å². The van der Waals surface area contributed by atoms with Crippen LogP contribution in [0.1, 0.15) is 26.7 Å². The largest absolute Gasteiger partial charge is 0.352 e. The number of hydrogen-bond acceptors (Lipinski definition) is 4. The Labute approximate surface area is 125 Å². The first-order chi connectivity index (χ1) is 9.58. The van der Waals surface area contributed by atoms with Crippen LogP contribution in [0.2, 0.25) is 0 Å². The third kappa shape index (κ3) is 4.12. The van der Waals surface area contributed by atoms with E-state index in [9.17, 15) is 9.59 Å². The van der Waals surface area contributed by atoms with E-state index in [4.69, 9.17) is 0 Å². The zero-order chi connectivity index (χ0) is 14.5. The van der Waals surface area contributed by atoms with Crippen molar-refractivity contribution in [2.24, 2.45) is 5.92 Å². The third-order valence-electron chi connectivity index (χ3n) is 3.89. The molecule has 0 spiro atoms. The van der Waals surface area contributed by atoms with Crippen molar-refractivity contribution >= 4 is 23.6 Å². The second-order valence-electron chi connectivity index (χ2n) is 5.84. The zero-order valence-electron chi connectivity index (χ0n) is 12.4. The molecule has 5 nitrogen and oxygen atoms in total. The van der Waals surface area contributed by atoms with E-state index in [1.54, 1.807) is 0 Å². The summed E-state index contributed by atoms with van der Waals surface area (Å²) in [6.45, 7) is 6.29. The molecule has 20 heavy (non-hydrogen) atoms. The predicted molar refractivity (Wildman–Crippen MR) is 81.7 cm³/mol. The fraction of sp³-hybridized carbons (Fsp3) is 0.857. The number of thioether (sulfide) groups is 1. The number of nitrogens with zero attached hydrogens (tertiary/aromatic N) is 1. The summed E-state index contributed by atoms with van der Waals surface area (Å²) in [5.74, 6) is 2.34. The van der Waals surface area contributed by atoms with Crippen molar-refractivity contribution < 1.29 is 9.59 Å². The van der Waals surface area contributed by atoms with Gasteiger partial charge in [0.2, 0.25) is 11.8 Å². The summed E-state index contributed by atoms with van der Waals surface area (Å²) in [5, 5.41) is 6.38. The molecule has 2 saturated heterocycles. The predicted octanol–water partition coefficient (Wildman–Crippen LogP) is 0.455. The summed E-state index contributed by atoms with van der Waals surface area (Å²) in [6, 6.07) is 0.163. The standard InChI is InChI=1S/C14H25N3O2S/c1-10(2)14(19)17-6-3-11(4-7-17)16-13(18)12-9-20-8-5-15-12/h10-12,15H,3-9H2,1-2H3,(H,16,18). The molecule has 0 bridgehead atoms. The molecule has 2 aliphatic heterocycles. The SMILES string of the molecule is CC(C)C(=O)N1CCC(NC(=O)C2CSCCN2)CC1. The quantitative estimate of drug-likeness (QED) is 0.794. The van der Waals surface area contributed by atoms with Gasteiger partial charge < -0.3 is 15.5 Å². The highest BCUT2D eigenvalue weighted by Gasteiger charge is 2.27. The maximum atomic E-state index is 12.1. The van der Waals surface area contributed by atoms with Gasteiger partial charge in [-0.1, -0.05) is 13.8 Å². The summed E-state index contributed by atoms with van der Waals surface area (Å²) in [4.78, 5) is 25.9. The second kappa shape index (κ2) is 7.31. The Kier molecular flexibility index (Phi) is 5.72. The molecule has 2 amide bonds. The molecule has 6 heteroatoms. The zero-order valence-corrected chi connectivity index (χ0v) is 13.2. The molecule has 2 N–H and O–H groups in total. The lowest BCUT2D eigenvalue weighted by Gasteiger charge is -2.34. The average Bonchev–Trinajstić information content (AvgIpc) is 2.48. The van der Waals surface area contributed by atoms with Gasteiger partial charge in [0.25, 0.3) is 0 Å². The molecule has 0 saturated carbocycles.